The van der Waals surface area contributed by atoms with E-state index in [0.29, 0.717) is 0 Å². The van der Waals surface area contributed by atoms with E-state index in [0.717, 1.165) is 6.92 Å². The summed E-state index contributed by atoms with van der Waals surface area (Å²) in [5.41, 5.74) is 0. The van der Waals surface area contributed by atoms with E-state index in [2.05, 4.69) is 0 Å². The smallest absolute Gasteiger partial charge is 0.832 e. The van der Waals surface area contributed by atoms with Crippen LogP contribution >= 0.6 is 0 Å². The summed E-state index contributed by atoms with van der Waals surface area (Å²) in [4.78, 5) is 8.89. The van der Waals surface area contributed by atoms with Gasteiger partial charge in [0, 0.05) is 5.97 Å². The van der Waals surface area contributed by atoms with Gasteiger partial charge in [0.25, 0.3) is 0 Å². The predicted molar refractivity (Wildman–Crippen MR) is 26.6 cm³/mol. The Morgan fingerprint density at radius 2 is 1.56 bits per heavy atom. The van der Waals surface area contributed by atoms with Crippen molar-refractivity contribution in [2.75, 3.05) is 0 Å². The number of aliphatic carboxylic acids is 1. The van der Waals surface area contributed by atoms with Crippen molar-refractivity contribution in [3.8, 4) is 0 Å². The van der Waals surface area contributed by atoms with Crippen LogP contribution in [-0.2, 0) is 4.79 Å². The molecule has 0 saturated carbocycles. The number of hydrogen-bond acceptors (Lipinski definition) is 5. The minimum absolute atomic E-state index is 0. The second-order valence-electron chi connectivity index (χ2n) is 0.818. The molecule has 5 nitrogen and oxygen atoms in total. The van der Waals surface area contributed by atoms with Gasteiger partial charge in [-0.15, -0.1) is 0 Å². The number of carboxylic acid groups (broad SMARTS) is 1. The average Bonchev–Trinajstić information content (AvgIpc) is 1.25. The summed E-state index contributed by atoms with van der Waals surface area (Å²) >= 11 is 0. The van der Waals surface area contributed by atoms with Crippen LogP contribution in [0.2, 0.25) is 0 Å². The molecular formula is C2H5BMgO5. The summed E-state index contributed by atoms with van der Waals surface area (Å²) in [7, 11) is -2.42. The Bertz CT molecular complexity index is 59.2. The fourth-order valence-electron chi connectivity index (χ4n) is 0. The molecule has 0 aromatic heterocycles. The van der Waals surface area contributed by atoms with Gasteiger partial charge in [0.15, 0.2) is 0 Å². The minimum atomic E-state index is -2.42. The molecule has 0 amide bonds. The SMILES string of the molecule is CC(=O)[O-].[Mg+2].[O-]B(O)O. The molecule has 0 aromatic carbocycles. The fraction of sp³-hybridized carbons (Fsp3) is 0.500. The number of carbonyl (C=O) groups is 1. The molecule has 0 radical (unpaired) electrons. The van der Waals surface area contributed by atoms with Gasteiger partial charge in [-0.1, -0.05) is 0 Å². The largest absolute Gasteiger partial charge is 2.00 e. The second-order valence-corrected chi connectivity index (χ2v) is 0.818. The van der Waals surface area contributed by atoms with Crippen LogP contribution < -0.4 is 10.1 Å². The first-order valence-corrected chi connectivity index (χ1v) is 1.66. The molecule has 0 rings (SSSR count). The van der Waals surface area contributed by atoms with Crippen LogP contribution in [0.4, 0.5) is 0 Å². The number of rotatable bonds is 0. The van der Waals surface area contributed by atoms with Crippen LogP contribution in [0.1, 0.15) is 6.92 Å². The standard InChI is InChI=1S/C2H4O2.BH2O3.Mg/c1-2(3)4;2-1(3)4;/h1H3,(H,3,4);2-3H;/q;-1;+2/p-1. The maximum Gasteiger partial charge on any atom is 2.00 e. The zero-order chi connectivity index (χ0) is 7.15. The third kappa shape index (κ3) is 9520. The normalized spacial score (nSPS) is 5.78. The molecule has 0 heterocycles. The number of carboxylic acids is 1. The maximum atomic E-state index is 8.89. The van der Waals surface area contributed by atoms with Crippen molar-refractivity contribution in [2.24, 2.45) is 0 Å². The fourth-order valence-corrected chi connectivity index (χ4v) is 0. The summed E-state index contributed by atoms with van der Waals surface area (Å²) in [6.07, 6.45) is 0. The first-order valence-electron chi connectivity index (χ1n) is 1.66. The van der Waals surface area contributed by atoms with Crippen LogP contribution in [0.15, 0.2) is 0 Å². The maximum absolute atomic E-state index is 8.89. The number of hydrogen-bond donors (Lipinski definition) is 2. The molecule has 0 unspecified atom stereocenters. The van der Waals surface area contributed by atoms with E-state index in [1.165, 1.54) is 0 Å². The Kier molecular flexibility index (Phi) is 19.7. The first-order chi connectivity index (χ1) is 3.46. The number of carbonyl (C=O) groups excluding carboxylic acids is 1. The molecule has 0 bridgehead atoms. The van der Waals surface area contributed by atoms with Gasteiger partial charge in [0.1, 0.15) is 0 Å². The van der Waals surface area contributed by atoms with Crippen molar-refractivity contribution < 1.29 is 25.0 Å². The van der Waals surface area contributed by atoms with Crippen molar-refractivity contribution in [3.63, 3.8) is 0 Å². The van der Waals surface area contributed by atoms with Crippen LogP contribution in [-0.4, -0.2) is 46.4 Å². The Hall–Kier alpha value is 0.181. The van der Waals surface area contributed by atoms with Gasteiger partial charge in [-0.25, -0.2) is 0 Å². The molecule has 2 N–H and O–H groups in total. The van der Waals surface area contributed by atoms with Gasteiger partial charge in [0.2, 0.25) is 0 Å². The van der Waals surface area contributed by atoms with E-state index in [1.807, 2.05) is 0 Å². The molecule has 7 heteroatoms. The average molecular weight is 144 g/mol. The first kappa shape index (κ1) is 16.1. The molecule has 9 heavy (non-hydrogen) atoms. The molecule has 0 aliphatic heterocycles. The summed E-state index contributed by atoms with van der Waals surface area (Å²) in [6.45, 7) is 0.972. The molecule has 0 saturated heterocycles. The van der Waals surface area contributed by atoms with Gasteiger partial charge in [-0.3, -0.25) is 0 Å². The van der Waals surface area contributed by atoms with Crippen LogP contribution in [0.3, 0.4) is 0 Å². The second kappa shape index (κ2) is 11.0. The van der Waals surface area contributed by atoms with Gasteiger partial charge in [-0.05, 0) is 6.92 Å². The third-order valence-corrected chi connectivity index (χ3v) is 0. The molecule has 0 aliphatic carbocycles. The van der Waals surface area contributed by atoms with Gasteiger partial charge in [-0.2, -0.15) is 0 Å². The molecule has 0 spiro atoms. The molecule has 0 aliphatic rings. The van der Waals surface area contributed by atoms with Gasteiger partial charge >= 0.3 is 30.4 Å². The Balaban J connectivity index is -0.0000000720. The summed E-state index contributed by atoms with van der Waals surface area (Å²) in [5, 5.41) is 31.6. The van der Waals surface area contributed by atoms with E-state index in [4.69, 9.17) is 25.0 Å². The molecule has 48 valence electrons. The van der Waals surface area contributed by atoms with E-state index < -0.39 is 13.3 Å². The molecule has 0 atom stereocenters. The zero-order valence-corrected chi connectivity index (χ0v) is 6.32. The zero-order valence-electron chi connectivity index (χ0n) is 4.90. The Labute approximate surface area is 68.6 Å². The molecule has 0 fully saturated rings. The van der Waals surface area contributed by atoms with E-state index in [9.17, 15) is 0 Å². The predicted octanol–water partition coefficient (Wildman–Crippen LogP) is -4.31. The van der Waals surface area contributed by atoms with Crippen LogP contribution in [0.5, 0.6) is 0 Å². The summed E-state index contributed by atoms with van der Waals surface area (Å²) < 4.78 is 0. The third-order valence-electron chi connectivity index (χ3n) is 0. The van der Waals surface area contributed by atoms with Crippen molar-refractivity contribution in [2.45, 2.75) is 6.92 Å². The van der Waals surface area contributed by atoms with E-state index >= 15 is 0 Å². The Morgan fingerprint density at radius 1 is 1.56 bits per heavy atom. The van der Waals surface area contributed by atoms with E-state index in [1.54, 1.807) is 0 Å². The van der Waals surface area contributed by atoms with Crippen LogP contribution in [0.25, 0.3) is 0 Å². The Morgan fingerprint density at radius 3 is 1.56 bits per heavy atom. The topological polar surface area (TPSA) is 104 Å². The van der Waals surface area contributed by atoms with Gasteiger partial charge < -0.3 is 25.0 Å². The molecule has 0 aromatic rings. The summed E-state index contributed by atoms with van der Waals surface area (Å²) in [5.74, 6) is -1.08. The summed E-state index contributed by atoms with van der Waals surface area (Å²) in [6, 6.07) is 0. The molecular weight excluding hydrogens is 139 g/mol. The van der Waals surface area contributed by atoms with Crippen molar-refractivity contribution >= 4 is 36.3 Å². The quantitative estimate of drug-likeness (QED) is 0.335. The van der Waals surface area contributed by atoms with Crippen LogP contribution in [0, 0.1) is 0 Å². The van der Waals surface area contributed by atoms with E-state index in [-0.39, 0.29) is 23.1 Å². The monoisotopic (exact) mass is 144 g/mol. The van der Waals surface area contributed by atoms with Crippen molar-refractivity contribution in [3.05, 3.63) is 0 Å². The minimum Gasteiger partial charge on any atom is -0.832 e. The van der Waals surface area contributed by atoms with Gasteiger partial charge in [0.05, 0.1) is 0 Å². The van der Waals surface area contributed by atoms with Crippen molar-refractivity contribution in [1.29, 1.82) is 0 Å². The van der Waals surface area contributed by atoms with Crippen molar-refractivity contribution in [1.82, 2.24) is 0 Å².